The lowest BCUT2D eigenvalue weighted by Crippen LogP contribution is -2.60. The van der Waals surface area contributed by atoms with Crippen LogP contribution in [0.3, 0.4) is 0 Å². The van der Waals surface area contributed by atoms with Gasteiger partial charge in [-0.1, -0.05) is 32.0 Å². The van der Waals surface area contributed by atoms with Crippen LogP contribution in [-0.2, 0) is 14.7 Å². The number of aromatic nitrogens is 1. The molecule has 42 heavy (non-hydrogen) atoms. The number of hydrogen-bond donors (Lipinski definition) is 2. The van der Waals surface area contributed by atoms with Gasteiger partial charge in [-0.2, -0.15) is 0 Å². The highest BCUT2D eigenvalue weighted by Gasteiger charge is 2.41. The van der Waals surface area contributed by atoms with Crippen molar-refractivity contribution in [3.63, 3.8) is 0 Å². The Balaban J connectivity index is 1.56. The molecule has 2 N–H and O–H groups in total. The van der Waals surface area contributed by atoms with Crippen molar-refractivity contribution in [3.05, 3.63) is 72.5 Å². The standard InChI is InChI=1S/C29H30F4N4O4S/c1-17(2)28(39)36-15-23(35-42(40,34-3)20-11-9-19(10-12-20)41-29(31,32)33)27(38)26(16-36)37-24-7-5-4-6-21(24)22-14-18(30)8-13-25(22)37/h4-14,17,23,26-27,38H,15-16H2,1-3H3,(H,34,35,40). The quantitative estimate of drug-likeness (QED) is 0.293. The molecule has 3 aromatic carbocycles. The summed E-state index contributed by atoms with van der Waals surface area (Å²) in [7, 11) is -2.18. The number of para-hydroxylation sites is 1. The van der Waals surface area contributed by atoms with Crippen LogP contribution < -0.4 is 9.46 Å². The maximum atomic E-state index is 14.3. The zero-order chi connectivity index (χ0) is 30.4. The summed E-state index contributed by atoms with van der Waals surface area (Å²) in [5.74, 6) is -1.45. The molecule has 1 saturated heterocycles. The molecule has 1 aliphatic rings. The molecule has 0 spiro atoms. The van der Waals surface area contributed by atoms with E-state index in [0.717, 1.165) is 23.0 Å². The average Bonchev–Trinajstić information content (AvgIpc) is 3.26. The number of nitrogens with zero attached hydrogens (tertiary/aromatic N) is 3. The van der Waals surface area contributed by atoms with Crippen molar-refractivity contribution in [2.45, 2.75) is 43.3 Å². The Hall–Kier alpha value is -3.68. The molecule has 1 aromatic heterocycles. The lowest BCUT2D eigenvalue weighted by molar-refractivity contribution is -0.274. The van der Waals surface area contributed by atoms with Crippen LogP contribution in [0.1, 0.15) is 19.9 Å². The first kappa shape index (κ1) is 29.8. The maximum absolute atomic E-state index is 14.3. The van der Waals surface area contributed by atoms with Crippen molar-refractivity contribution in [1.82, 2.24) is 14.2 Å². The van der Waals surface area contributed by atoms with E-state index >= 15 is 0 Å². The van der Waals surface area contributed by atoms with E-state index in [1.807, 2.05) is 28.8 Å². The fraction of sp³-hybridized carbons (Fsp3) is 0.345. The number of alkyl halides is 3. The second-order valence-electron chi connectivity index (χ2n) is 10.5. The van der Waals surface area contributed by atoms with E-state index in [9.17, 15) is 31.7 Å². The molecule has 5 rings (SSSR count). The molecule has 1 fully saturated rings. The van der Waals surface area contributed by atoms with Crippen LogP contribution in [0.15, 0.2) is 76.0 Å². The Bertz CT molecular complexity index is 1750. The highest BCUT2D eigenvalue weighted by atomic mass is 32.2. The van der Waals surface area contributed by atoms with Crippen molar-refractivity contribution in [3.8, 4) is 5.75 Å². The normalized spacial score (nSPS) is 21.1. The third-order valence-electron chi connectivity index (χ3n) is 7.39. The van der Waals surface area contributed by atoms with E-state index in [1.54, 1.807) is 24.8 Å². The predicted molar refractivity (Wildman–Crippen MR) is 151 cm³/mol. The van der Waals surface area contributed by atoms with Gasteiger partial charge in [0.2, 0.25) is 5.91 Å². The Morgan fingerprint density at radius 3 is 2.36 bits per heavy atom. The Morgan fingerprint density at radius 1 is 1.05 bits per heavy atom. The van der Waals surface area contributed by atoms with Crippen LogP contribution in [0.5, 0.6) is 5.75 Å². The lowest BCUT2D eigenvalue weighted by Gasteiger charge is -2.43. The number of amides is 1. The van der Waals surface area contributed by atoms with Gasteiger partial charge in [-0.15, -0.1) is 13.2 Å². The number of piperidine rings is 1. The van der Waals surface area contributed by atoms with Gasteiger partial charge in [-0.05, 0) is 48.5 Å². The van der Waals surface area contributed by atoms with Crippen LogP contribution in [0, 0.1) is 11.7 Å². The molecule has 1 amide bonds. The van der Waals surface area contributed by atoms with Crippen molar-refractivity contribution in [1.29, 1.82) is 0 Å². The number of benzene rings is 3. The van der Waals surface area contributed by atoms with Gasteiger partial charge in [-0.25, -0.2) is 17.7 Å². The summed E-state index contributed by atoms with van der Waals surface area (Å²) in [5.41, 5.74) is 1.38. The predicted octanol–water partition coefficient (Wildman–Crippen LogP) is 5.26. The Morgan fingerprint density at radius 2 is 1.71 bits per heavy atom. The lowest BCUT2D eigenvalue weighted by atomic mass is 9.96. The molecule has 0 aliphatic carbocycles. The van der Waals surface area contributed by atoms with E-state index in [0.29, 0.717) is 10.9 Å². The zero-order valence-electron chi connectivity index (χ0n) is 23.0. The molecule has 1 aliphatic heterocycles. The van der Waals surface area contributed by atoms with E-state index in [4.69, 9.17) is 0 Å². The fourth-order valence-corrected chi connectivity index (χ4v) is 7.08. The molecule has 2 heterocycles. The first-order valence-corrected chi connectivity index (χ1v) is 14.8. The number of ether oxygens (including phenoxy) is 1. The Kier molecular flexibility index (Phi) is 7.94. The first-order valence-electron chi connectivity index (χ1n) is 13.2. The van der Waals surface area contributed by atoms with Gasteiger partial charge in [0, 0.05) is 47.9 Å². The molecule has 13 heteroatoms. The summed E-state index contributed by atoms with van der Waals surface area (Å²) in [4.78, 5) is 14.9. The average molecular weight is 607 g/mol. The largest absolute Gasteiger partial charge is 0.573 e. The third kappa shape index (κ3) is 5.68. The SMILES string of the molecule is CN=S(=O)(NC1CN(C(=O)C(C)C)CC(n2c3ccccc3c3cc(F)ccc32)C1O)c1ccc(OC(F)(F)F)cc1. The second-order valence-corrected chi connectivity index (χ2v) is 12.6. The number of aliphatic hydroxyl groups excluding tert-OH is 1. The van der Waals surface area contributed by atoms with Crippen LogP contribution in [0.4, 0.5) is 17.6 Å². The Labute approximate surface area is 240 Å². The molecule has 4 aromatic rings. The van der Waals surface area contributed by atoms with Gasteiger partial charge in [0.25, 0.3) is 0 Å². The van der Waals surface area contributed by atoms with Crippen molar-refractivity contribution >= 4 is 37.6 Å². The van der Waals surface area contributed by atoms with Crippen molar-refractivity contribution in [2.24, 2.45) is 10.3 Å². The van der Waals surface area contributed by atoms with E-state index in [-0.39, 0.29) is 29.8 Å². The summed E-state index contributed by atoms with van der Waals surface area (Å²) >= 11 is 0. The molecule has 8 nitrogen and oxygen atoms in total. The van der Waals surface area contributed by atoms with Crippen molar-refractivity contribution < 1.29 is 36.4 Å². The van der Waals surface area contributed by atoms with Crippen molar-refractivity contribution in [2.75, 3.05) is 20.1 Å². The molecule has 0 bridgehead atoms. The van der Waals surface area contributed by atoms with Gasteiger partial charge in [0.05, 0.1) is 23.1 Å². The minimum atomic E-state index is -4.89. The number of hydrogen-bond acceptors (Lipinski definition) is 5. The topological polar surface area (TPSA) is 96.2 Å². The first-order chi connectivity index (χ1) is 19.8. The van der Waals surface area contributed by atoms with Crippen LogP contribution in [0.2, 0.25) is 0 Å². The monoisotopic (exact) mass is 606 g/mol. The highest BCUT2D eigenvalue weighted by Crippen LogP contribution is 2.36. The third-order valence-corrected chi connectivity index (χ3v) is 9.43. The van der Waals surface area contributed by atoms with Crippen LogP contribution in [-0.4, -0.2) is 63.3 Å². The molecule has 4 unspecified atom stereocenters. The second kappa shape index (κ2) is 11.2. The number of likely N-dealkylation sites (tertiary alicyclic amines) is 1. The summed E-state index contributed by atoms with van der Waals surface area (Å²) in [6, 6.07) is 14.5. The highest BCUT2D eigenvalue weighted by molar-refractivity contribution is 7.91. The van der Waals surface area contributed by atoms with Gasteiger partial charge in [0.1, 0.15) is 21.5 Å². The molecular weight excluding hydrogens is 576 g/mol. The molecule has 0 radical (unpaired) electrons. The van der Waals surface area contributed by atoms with Crippen LogP contribution >= 0.6 is 0 Å². The minimum Gasteiger partial charge on any atom is -0.406 e. The molecule has 0 saturated carbocycles. The van der Waals surface area contributed by atoms with E-state index < -0.39 is 46.0 Å². The maximum Gasteiger partial charge on any atom is 0.573 e. The number of carbonyl (C=O) groups excluding carboxylic acids is 1. The number of nitrogens with one attached hydrogen (secondary N) is 1. The van der Waals surface area contributed by atoms with Gasteiger partial charge < -0.3 is 19.3 Å². The van der Waals surface area contributed by atoms with E-state index in [1.165, 1.54) is 31.3 Å². The van der Waals surface area contributed by atoms with Gasteiger partial charge in [-0.3, -0.25) is 4.79 Å². The number of fused-ring (bicyclic) bond motifs is 3. The number of rotatable bonds is 6. The molecule has 4 atom stereocenters. The van der Waals surface area contributed by atoms with Crippen LogP contribution in [0.25, 0.3) is 21.8 Å². The summed E-state index contributed by atoms with van der Waals surface area (Å²) in [5, 5.41) is 13.2. The molecular formula is C29H30F4N4O4S. The fourth-order valence-electron chi connectivity index (χ4n) is 5.50. The number of aliphatic hydroxyl groups is 1. The molecule has 224 valence electrons. The minimum absolute atomic E-state index is 0.00220. The zero-order valence-corrected chi connectivity index (χ0v) is 23.8. The van der Waals surface area contributed by atoms with Gasteiger partial charge in [0.15, 0.2) is 0 Å². The smallest absolute Gasteiger partial charge is 0.406 e. The van der Waals surface area contributed by atoms with E-state index in [2.05, 4.69) is 13.8 Å². The summed E-state index contributed by atoms with van der Waals surface area (Å²) < 4.78 is 78.9. The van der Waals surface area contributed by atoms with Gasteiger partial charge >= 0.3 is 6.36 Å². The number of halogens is 4. The summed E-state index contributed by atoms with van der Waals surface area (Å²) in [6.45, 7) is 3.64. The number of carbonyl (C=O) groups is 1. The summed E-state index contributed by atoms with van der Waals surface area (Å²) in [6.07, 6.45) is -6.08.